The Morgan fingerprint density at radius 3 is 2.37 bits per heavy atom. The highest BCUT2D eigenvalue weighted by Crippen LogP contribution is 2.05. The number of carbonyl (C=O) groups is 4. The monoisotopic (exact) mass is 487 g/mol. The van der Waals surface area contributed by atoms with E-state index in [0.717, 1.165) is 5.56 Å². The van der Waals surface area contributed by atoms with Crippen LogP contribution >= 0.6 is 0 Å². The fraction of sp³-hybridized carbons (Fsp3) is 0.435. The molecule has 1 aromatic carbocycles. The number of amides is 3. The lowest BCUT2D eigenvalue weighted by Gasteiger charge is -2.21. The van der Waals surface area contributed by atoms with Crippen LogP contribution in [0.2, 0.25) is 0 Å². The largest absolute Gasteiger partial charge is 0.480 e. The molecule has 12 nitrogen and oxygen atoms in total. The molecule has 0 bridgehead atoms. The van der Waals surface area contributed by atoms with E-state index in [0.29, 0.717) is 37.9 Å². The Morgan fingerprint density at radius 2 is 1.74 bits per heavy atom. The number of hydrogen-bond donors (Lipinski definition) is 7. The third-order valence-electron chi connectivity index (χ3n) is 5.25. The van der Waals surface area contributed by atoms with Gasteiger partial charge in [-0.05, 0) is 37.8 Å². The van der Waals surface area contributed by atoms with Gasteiger partial charge in [0.05, 0.1) is 18.9 Å². The molecule has 2 aromatic rings. The summed E-state index contributed by atoms with van der Waals surface area (Å²) >= 11 is 0. The van der Waals surface area contributed by atoms with Crippen molar-refractivity contribution in [2.45, 2.75) is 50.2 Å². The lowest BCUT2D eigenvalue weighted by atomic mass is 10.0. The number of unbranched alkanes of at least 4 members (excludes halogenated alkanes) is 1. The Morgan fingerprint density at radius 1 is 1.00 bits per heavy atom. The van der Waals surface area contributed by atoms with Crippen molar-refractivity contribution in [2.24, 2.45) is 11.5 Å². The number of carbonyl (C=O) groups excluding carboxylic acids is 3. The number of imidazole rings is 1. The van der Waals surface area contributed by atoms with Crippen molar-refractivity contribution >= 4 is 23.7 Å². The van der Waals surface area contributed by atoms with Gasteiger partial charge in [0.1, 0.15) is 12.1 Å². The molecule has 3 amide bonds. The molecule has 0 aliphatic rings. The summed E-state index contributed by atoms with van der Waals surface area (Å²) in [4.78, 5) is 55.7. The normalized spacial score (nSPS) is 13.3. The van der Waals surface area contributed by atoms with Gasteiger partial charge in [0.15, 0.2) is 0 Å². The van der Waals surface area contributed by atoms with Crippen LogP contribution in [-0.4, -0.2) is 70.0 Å². The second kappa shape index (κ2) is 14.5. The topological polar surface area (TPSA) is 205 Å². The first-order valence-electron chi connectivity index (χ1n) is 11.4. The Balaban J connectivity index is 1.90. The van der Waals surface area contributed by atoms with Crippen molar-refractivity contribution in [1.82, 2.24) is 25.9 Å². The lowest BCUT2D eigenvalue weighted by Crippen LogP contribution is -2.54. The van der Waals surface area contributed by atoms with Gasteiger partial charge in [0, 0.05) is 18.3 Å². The maximum absolute atomic E-state index is 12.7. The number of carboxylic acid groups (broad SMARTS) is 1. The number of aromatic nitrogens is 2. The van der Waals surface area contributed by atoms with E-state index in [-0.39, 0.29) is 6.42 Å². The van der Waals surface area contributed by atoms with Crippen LogP contribution < -0.4 is 27.4 Å². The summed E-state index contributed by atoms with van der Waals surface area (Å²) in [7, 11) is 0. The molecule has 3 atom stereocenters. The standard InChI is InChI=1S/C23H33N7O5/c24-9-5-4-8-18(30-21(32)17(25)10-15-6-2-1-3-7-15)22(33)27-13-20(31)29-19(23(34)35)11-16-12-26-14-28-16/h1-3,6-7,12,14,17-19H,4-5,8-11,13,24-25H2,(H,26,28)(H,27,33)(H,29,31)(H,30,32)(H,34,35). The van der Waals surface area contributed by atoms with E-state index in [1.165, 1.54) is 12.5 Å². The van der Waals surface area contributed by atoms with Gasteiger partial charge in [-0.1, -0.05) is 30.3 Å². The van der Waals surface area contributed by atoms with E-state index >= 15 is 0 Å². The number of carboxylic acids is 1. The van der Waals surface area contributed by atoms with Crippen LogP contribution in [0.4, 0.5) is 0 Å². The Labute approximate surface area is 203 Å². The van der Waals surface area contributed by atoms with Gasteiger partial charge in [-0.2, -0.15) is 0 Å². The molecule has 1 heterocycles. The number of nitrogens with two attached hydrogens (primary N) is 2. The summed E-state index contributed by atoms with van der Waals surface area (Å²) in [6.45, 7) is -0.0178. The number of H-pyrrole nitrogens is 1. The quantitative estimate of drug-likeness (QED) is 0.152. The summed E-state index contributed by atoms with van der Waals surface area (Å²) in [5, 5.41) is 16.8. The molecule has 3 unspecified atom stereocenters. The molecule has 0 saturated heterocycles. The van der Waals surface area contributed by atoms with Crippen LogP contribution in [0.3, 0.4) is 0 Å². The van der Waals surface area contributed by atoms with E-state index in [9.17, 15) is 24.3 Å². The van der Waals surface area contributed by atoms with E-state index < -0.39 is 48.4 Å². The molecule has 1 aromatic heterocycles. The minimum absolute atomic E-state index is 0.00605. The van der Waals surface area contributed by atoms with E-state index in [2.05, 4.69) is 25.9 Å². The minimum Gasteiger partial charge on any atom is -0.480 e. The Bertz CT molecular complexity index is 952. The van der Waals surface area contributed by atoms with Crippen LogP contribution in [0.25, 0.3) is 0 Å². The molecule has 35 heavy (non-hydrogen) atoms. The summed E-state index contributed by atoms with van der Waals surface area (Å²) in [5.74, 6) is -2.97. The summed E-state index contributed by atoms with van der Waals surface area (Å²) in [6, 6.07) is 6.29. The fourth-order valence-corrected chi connectivity index (χ4v) is 3.35. The maximum atomic E-state index is 12.7. The van der Waals surface area contributed by atoms with Gasteiger partial charge in [0.25, 0.3) is 0 Å². The van der Waals surface area contributed by atoms with Crippen molar-refractivity contribution in [3.63, 3.8) is 0 Å². The molecule has 190 valence electrons. The molecular weight excluding hydrogens is 454 g/mol. The van der Waals surface area contributed by atoms with Crippen molar-refractivity contribution in [3.8, 4) is 0 Å². The summed E-state index contributed by atoms with van der Waals surface area (Å²) in [6.07, 6.45) is 4.73. The van der Waals surface area contributed by atoms with Crippen molar-refractivity contribution in [3.05, 3.63) is 54.1 Å². The second-order valence-corrected chi connectivity index (χ2v) is 8.10. The van der Waals surface area contributed by atoms with Gasteiger partial charge in [-0.25, -0.2) is 9.78 Å². The molecule has 0 fully saturated rings. The van der Waals surface area contributed by atoms with Crippen LogP contribution in [0, 0.1) is 0 Å². The molecule has 12 heteroatoms. The zero-order chi connectivity index (χ0) is 25.6. The Kier molecular flexibility index (Phi) is 11.4. The van der Waals surface area contributed by atoms with Crippen molar-refractivity contribution in [1.29, 1.82) is 0 Å². The minimum atomic E-state index is -1.22. The average molecular weight is 488 g/mol. The predicted octanol–water partition coefficient (Wildman–Crippen LogP) is -1.18. The van der Waals surface area contributed by atoms with Crippen LogP contribution in [-0.2, 0) is 32.0 Å². The molecule has 9 N–H and O–H groups in total. The van der Waals surface area contributed by atoms with Gasteiger partial charge in [-0.15, -0.1) is 0 Å². The Hall–Kier alpha value is -3.77. The predicted molar refractivity (Wildman–Crippen MR) is 128 cm³/mol. The number of benzene rings is 1. The van der Waals surface area contributed by atoms with E-state index in [4.69, 9.17) is 11.5 Å². The molecule has 0 radical (unpaired) electrons. The number of nitrogens with zero attached hydrogens (tertiary/aromatic N) is 1. The van der Waals surface area contributed by atoms with Gasteiger partial charge < -0.3 is 37.5 Å². The van der Waals surface area contributed by atoms with E-state index in [1.807, 2.05) is 30.3 Å². The first kappa shape index (κ1) is 27.5. The SMILES string of the molecule is NCCCCC(NC(=O)C(N)Cc1ccccc1)C(=O)NCC(=O)NC(Cc1cnc[nH]1)C(=O)O. The third kappa shape index (κ3) is 9.94. The smallest absolute Gasteiger partial charge is 0.326 e. The third-order valence-corrected chi connectivity index (χ3v) is 5.25. The fourth-order valence-electron chi connectivity index (χ4n) is 3.35. The molecule has 0 aliphatic heterocycles. The highest BCUT2D eigenvalue weighted by Gasteiger charge is 2.25. The zero-order valence-corrected chi connectivity index (χ0v) is 19.4. The number of nitrogens with one attached hydrogen (secondary N) is 4. The first-order chi connectivity index (χ1) is 16.8. The molecule has 0 saturated carbocycles. The molecule has 0 aliphatic carbocycles. The number of aliphatic carboxylic acids is 1. The van der Waals surface area contributed by atoms with Crippen molar-refractivity contribution < 1.29 is 24.3 Å². The summed E-state index contributed by atoms with van der Waals surface area (Å²) < 4.78 is 0. The van der Waals surface area contributed by atoms with Crippen LogP contribution in [0.15, 0.2) is 42.9 Å². The van der Waals surface area contributed by atoms with E-state index in [1.54, 1.807) is 0 Å². The molecule has 2 rings (SSSR count). The number of rotatable bonds is 15. The molecular formula is C23H33N7O5. The second-order valence-electron chi connectivity index (χ2n) is 8.10. The number of aromatic amines is 1. The maximum Gasteiger partial charge on any atom is 0.326 e. The summed E-state index contributed by atoms with van der Waals surface area (Å²) in [5.41, 5.74) is 13.0. The van der Waals surface area contributed by atoms with Gasteiger partial charge in [0.2, 0.25) is 17.7 Å². The average Bonchev–Trinajstić information content (AvgIpc) is 3.35. The highest BCUT2D eigenvalue weighted by molar-refractivity contribution is 5.92. The lowest BCUT2D eigenvalue weighted by molar-refractivity contribution is -0.141. The zero-order valence-electron chi connectivity index (χ0n) is 19.4. The first-order valence-corrected chi connectivity index (χ1v) is 11.4. The van der Waals surface area contributed by atoms with Crippen molar-refractivity contribution in [2.75, 3.05) is 13.1 Å². The highest BCUT2D eigenvalue weighted by atomic mass is 16.4. The van der Waals surface area contributed by atoms with Gasteiger partial charge in [-0.3, -0.25) is 14.4 Å². The van der Waals surface area contributed by atoms with Crippen LogP contribution in [0.1, 0.15) is 30.5 Å². The number of hydrogen-bond acceptors (Lipinski definition) is 7. The van der Waals surface area contributed by atoms with Gasteiger partial charge >= 0.3 is 5.97 Å². The molecule has 0 spiro atoms. The van der Waals surface area contributed by atoms with Crippen LogP contribution in [0.5, 0.6) is 0 Å².